The van der Waals surface area contributed by atoms with E-state index in [4.69, 9.17) is 15.6 Å². The number of benzene rings is 1. The minimum Gasteiger partial charge on any atom is -0.439 e. The predicted octanol–water partition coefficient (Wildman–Crippen LogP) is 2.13. The lowest BCUT2D eigenvalue weighted by atomic mass is 10.2. The zero-order chi connectivity index (χ0) is 13.0. The summed E-state index contributed by atoms with van der Waals surface area (Å²) in [7, 11) is 0. The first-order chi connectivity index (χ1) is 8.72. The van der Waals surface area contributed by atoms with Gasteiger partial charge in [-0.2, -0.15) is 0 Å². The average Bonchev–Trinajstić information content (AvgIpc) is 2.39. The van der Waals surface area contributed by atoms with Crippen LogP contribution in [0.1, 0.15) is 16.8 Å². The minimum absolute atomic E-state index is 0.0117. The van der Waals surface area contributed by atoms with Crippen molar-refractivity contribution in [3.8, 4) is 11.6 Å². The molecule has 3 N–H and O–H groups in total. The number of aliphatic hydroxyl groups is 1. The standard InChI is InChI=1S/C14H16N2O2/c1-10-5-6-12(8-15)14(16-10)18-13-4-2-3-11(7-13)9-17/h2-7,17H,8-9,15H2,1H3. The van der Waals surface area contributed by atoms with Crippen molar-refractivity contribution in [1.29, 1.82) is 0 Å². The molecule has 1 aromatic heterocycles. The van der Waals surface area contributed by atoms with Gasteiger partial charge in [0.25, 0.3) is 0 Å². The first-order valence-corrected chi connectivity index (χ1v) is 5.77. The Bertz CT molecular complexity index is 541. The topological polar surface area (TPSA) is 68.4 Å². The highest BCUT2D eigenvalue weighted by Crippen LogP contribution is 2.24. The number of rotatable bonds is 4. The van der Waals surface area contributed by atoms with Gasteiger partial charge in [0.15, 0.2) is 0 Å². The van der Waals surface area contributed by atoms with E-state index in [1.54, 1.807) is 6.07 Å². The molecule has 0 unspecified atom stereocenters. The summed E-state index contributed by atoms with van der Waals surface area (Å²) in [5.41, 5.74) is 8.18. The second kappa shape index (κ2) is 5.62. The lowest BCUT2D eigenvalue weighted by Crippen LogP contribution is -2.02. The summed E-state index contributed by atoms with van der Waals surface area (Å²) in [6, 6.07) is 11.1. The van der Waals surface area contributed by atoms with Gasteiger partial charge in [0.2, 0.25) is 5.88 Å². The van der Waals surface area contributed by atoms with Gasteiger partial charge in [0.1, 0.15) is 5.75 Å². The highest BCUT2D eigenvalue weighted by molar-refractivity contribution is 5.35. The number of hydrogen-bond donors (Lipinski definition) is 2. The van der Waals surface area contributed by atoms with Crippen molar-refractivity contribution in [2.24, 2.45) is 5.73 Å². The number of hydrogen-bond acceptors (Lipinski definition) is 4. The molecule has 2 aromatic rings. The Hall–Kier alpha value is -1.91. The number of nitrogens with two attached hydrogens (primary N) is 1. The number of nitrogens with zero attached hydrogens (tertiary/aromatic N) is 1. The molecule has 0 bridgehead atoms. The smallest absolute Gasteiger partial charge is 0.223 e. The Morgan fingerprint density at radius 3 is 2.83 bits per heavy atom. The third-order valence-corrected chi connectivity index (χ3v) is 2.59. The molecule has 94 valence electrons. The van der Waals surface area contributed by atoms with E-state index < -0.39 is 0 Å². The summed E-state index contributed by atoms with van der Waals surface area (Å²) in [6.45, 7) is 2.27. The number of pyridine rings is 1. The van der Waals surface area contributed by atoms with E-state index >= 15 is 0 Å². The number of aliphatic hydroxyl groups excluding tert-OH is 1. The lowest BCUT2D eigenvalue weighted by molar-refractivity contribution is 0.281. The molecule has 4 nitrogen and oxygen atoms in total. The van der Waals surface area contributed by atoms with E-state index in [0.29, 0.717) is 18.2 Å². The number of aromatic nitrogens is 1. The highest BCUT2D eigenvalue weighted by atomic mass is 16.5. The summed E-state index contributed by atoms with van der Waals surface area (Å²) in [4.78, 5) is 4.33. The van der Waals surface area contributed by atoms with E-state index in [9.17, 15) is 0 Å². The summed E-state index contributed by atoms with van der Waals surface area (Å²) in [6.07, 6.45) is 0. The average molecular weight is 244 g/mol. The molecule has 4 heteroatoms. The first kappa shape index (κ1) is 12.5. The summed E-state index contributed by atoms with van der Waals surface area (Å²) >= 11 is 0. The van der Waals surface area contributed by atoms with Crippen molar-refractivity contribution in [3.05, 3.63) is 53.2 Å². The van der Waals surface area contributed by atoms with Crippen molar-refractivity contribution in [1.82, 2.24) is 4.98 Å². The second-order valence-corrected chi connectivity index (χ2v) is 4.03. The molecule has 0 fully saturated rings. The second-order valence-electron chi connectivity index (χ2n) is 4.03. The van der Waals surface area contributed by atoms with Crippen molar-refractivity contribution < 1.29 is 9.84 Å². The molecule has 0 aliphatic rings. The van der Waals surface area contributed by atoms with Gasteiger partial charge in [0.05, 0.1) is 6.61 Å². The van der Waals surface area contributed by atoms with Gasteiger partial charge in [-0.05, 0) is 30.7 Å². The molecule has 0 spiro atoms. The Morgan fingerprint density at radius 1 is 1.28 bits per heavy atom. The zero-order valence-electron chi connectivity index (χ0n) is 10.3. The minimum atomic E-state index is -0.0117. The van der Waals surface area contributed by atoms with Gasteiger partial charge < -0.3 is 15.6 Å². The molecular formula is C14H16N2O2. The molecule has 18 heavy (non-hydrogen) atoms. The molecule has 0 aliphatic carbocycles. The summed E-state index contributed by atoms with van der Waals surface area (Å²) < 4.78 is 5.72. The maximum absolute atomic E-state index is 9.08. The third-order valence-electron chi connectivity index (χ3n) is 2.59. The monoisotopic (exact) mass is 244 g/mol. The van der Waals surface area contributed by atoms with Crippen LogP contribution in [0.15, 0.2) is 36.4 Å². The predicted molar refractivity (Wildman–Crippen MR) is 69.3 cm³/mol. The van der Waals surface area contributed by atoms with Crippen LogP contribution >= 0.6 is 0 Å². The fourth-order valence-electron chi connectivity index (χ4n) is 1.62. The Labute approximate surface area is 106 Å². The number of aryl methyl sites for hydroxylation is 1. The first-order valence-electron chi connectivity index (χ1n) is 5.77. The molecule has 1 aromatic carbocycles. The summed E-state index contributed by atoms with van der Waals surface area (Å²) in [5.74, 6) is 1.17. The van der Waals surface area contributed by atoms with Crippen LogP contribution in [-0.4, -0.2) is 10.1 Å². The lowest BCUT2D eigenvalue weighted by Gasteiger charge is -2.10. The van der Waals surface area contributed by atoms with Gasteiger partial charge in [0, 0.05) is 17.8 Å². The van der Waals surface area contributed by atoms with E-state index in [1.807, 2.05) is 37.3 Å². The van der Waals surface area contributed by atoms with Crippen LogP contribution in [0.3, 0.4) is 0 Å². The maximum atomic E-state index is 9.08. The van der Waals surface area contributed by atoms with E-state index in [0.717, 1.165) is 16.8 Å². The van der Waals surface area contributed by atoms with Crippen molar-refractivity contribution in [3.63, 3.8) is 0 Å². The Morgan fingerprint density at radius 2 is 2.11 bits per heavy atom. The third kappa shape index (κ3) is 2.85. The van der Waals surface area contributed by atoms with Gasteiger partial charge in [-0.15, -0.1) is 0 Å². The molecule has 1 heterocycles. The van der Waals surface area contributed by atoms with E-state index in [1.165, 1.54) is 0 Å². The largest absolute Gasteiger partial charge is 0.439 e. The zero-order valence-corrected chi connectivity index (χ0v) is 10.3. The van der Waals surface area contributed by atoms with Gasteiger partial charge in [-0.25, -0.2) is 4.98 Å². The van der Waals surface area contributed by atoms with Crippen LogP contribution in [0.25, 0.3) is 0 Å². The van der Waals surface area contributed by atoms with Gasteiger partial charge in [-0.1, -0.05) is 18.2 Å². The molecule has 2 rings (SSSR count). The molecule has 0 amide bonds. The fourth-order valence-corrected chi connectivity index (χ4v) is 1.62. The normalized spacial score (nSPS) is 10.4. The Balaban J connectivity index is 2.29. The summed E-state index contributed by atoms with van der Waals surface area (Å²) in [5, 5.41) is 9.08. The number of ether oxygens (including phenoxy) is 1. The molecular weight excluding hydrogens is 228 g/mol. The van der Waals surface area contributed by atoms with Crippen LogP contribution in [0.4, 0.5) is 0 Å². The van der Waals surface area contributed by atoms with Crippen molar-refractivity contribution in [2.75, 3.05) is 0 Å². The fraction of sp³-hybridized carbons (Fsp3) is 0.214. The maximum Gasteiger partial charge on any atom is 0.223 e. The molecule has 0 atom stereocenters. The van der Waals surface area contributed by atoms with Crippen molar-refractivity contribution >= 4 is 0 Å². The quantitative estimate of drug-likeness (QED) is 0.864. The highest BCUT2D eigenvalue weighted by Gasteiger charge is 2.06. The van der Waals surface area contributed by atoms with Crippen LogP contribution in [0.2, 0.25) is 0 Å². The van der Waals surface area contributed by atoms with E-state index in [2.05, 4.69) is 4.98 Å². The molecule has 0 saturated heterocycles. The molecule has 0 saturated carbocycles. The van der Waals surface area contributed by atoms with E-state index in [-0.39, 0.29) is 6.61 Å². The van der Waals surface area contributed by atoms with Crippen molar-refractivity contribution in [2.45, 2.75) is 20.1 Å². The molecule has 0 aliphatic heterocycles. The SMILES string of the molecule is Cc1ccc(CN)c(Oc2cccc(CO)c2)n1. The van der Waals surface area contributed by atoms with Gasteiger partial charge in [-0.3, -0.25) is 0 Å². The van der Waals surface area contributed by atoms with Crippen LogP contribution in [0, 0.1) is 6.92 Å². The van der Waals surface area contributed by atoms with Crippen LogP contribution in [-0.2, 0) is 13.2 Å². The van der Waals surface area contributed by atoms with Crippen LogP contribution < -0.4 is 10.5 Å². The Kier molecular flexibility index (Phi) is 3.92. The molecule has 0 radical (unpaired) electrons. The van der Waals surface area contributed by atoms with Gasteiger partial charge >= 0.3 is 0 Å². The van der Waals surface area contributed by atoms with Crippen LogP contribution in [0.5, 0.6) is 11.6 Å².